The lowest BCUT2D eigenvalue weighted by Gasteiger charge is -2.17. The molecular weight excluding hydrogens is 538 g/mol. The number of amides is 2. The second kappa shape index (κ2) is 14.6. The minimum Gasteiger partial charge on any atom is -0.490 e. The Morgan fingerprint density at radius 1 is 0.919 bits per heavy atom. The van der Waals surface area contributed by atoms with Gasteiger partial charge in [0.25, 0.3) is 5.91 Å². The summed E-state index contributed by atoms with van der Waals surface area (Å²) in [7, 11) is 0. The van der Waals surface area contributed by atoms with E-state index in [0.29, 0.717) is 36.7 Å². The number of halogens is 1. The van der Waals surface area contributed by atoms with Crippen LogP contribution in [-0.2, 0) is 22.6 Å². The maximum Gasteiger partial charge on any atom is 0.407 e. The topological polar surface area (TPSA) is 98.2 Å². The Balaban J connectivity index is 1.65. The van der Waals surface area contributed by atoms with Gasteiger partial charge in [0.2, 0.25) is 0 Å². The fourth-order valence-electron chi connectivity index (χ4n) is 3.36. The van der Waals surface area contributed by atoms with Crippen molar-refractivity contribution in [1.29, 1.82) is 0 Å². The molecule has 1 atom stereocenters. The van der Waals surface area contributed by atoms with Crippen LogP contribution < -0.4 is 20.2 Å². The van der Waals surface area contributed by atoms with E-state index in [9.17, 15) is 9.59 Å². The zero-order chi connectivity index (χ0) is 26.5. The van der Waals surface area contributed by atoms with E-state index in [1.807, 2.05) is 67.6 Å². The van der Waals surface area contributed by atoms with Gasteiger partial charge in [-0.1, -0.05) is 58.4 Å². The van der Waals surface area contributed by atoms with Crippen molar-refractivity contribution < 1.29 is 23.8 Å². The molecule has 0 aromatic heterocycles. The van der Waals surface area contributed by atoms with Gasteiger partial charge >= 0.3 is 6.09 Å². The van der Waals surface area contributed by atoms with Crippen LogP contribution in [0, 0.1) is 0 Å². The number of carbonyl (C=O) groups is 2. The maximum atomic E-state index is 12.8. The average molecular weight is 568 g/mol. The molecule has 2 N–H and O–H groups in total. The van der Waals surface area contributed by atoms with Gasteiger partial charge in [-0.05, 0) is 60.9 Å². The van der Waals surface area contributed by atoms with Crippen molar-refractivity contribution in [3.05, 3.63) is 94.0 Å². The molecule has 3 aromatic carbocycles. The number of hydrogen-bond acceptors (Lipinski definition) is 6. The first-order valence-electron chi connectivity index (χ1n) is 11.9. The molecule has 0 saturated carbocycles. The highest BCUT2D eigenvalue weighted by molar-refractivity contribution is 9.10. The van der Waals surface area contributed by atoms with Gasteiger partial charge in [-0.15, -0.1) is 0 Å². The summed E-state index contributed by atoms with van der Waals surface area (Å²) in [6, 6.07) is 21.8. The van der Waals surface area contributed by atoms with E-state index >= 15 is 0 Å². The van der Waals surface area contributed by atoms with Crippen LogP contribution in [0.3, 0.4) is 0 Å². The van der Waals surface area contributed by atoms with Gasteiger partial charge in [-0.3, -0.25) is 4.79 Å². The SMILES string of the molecule is CCOC(=O)N[C@H](Cc1ccccc1)C(=O)N/N=C\c1ccc(OCc2ccc(Br)cc2)c(OCC)c1. The third kappa shape index (κ3) is 9.27. The smallest absolute Gasteiger partial charge is 0.407 e. The molecule has 0 spiro atoms. The minimum atomic E-state index is -0.855. The number of rotatable bonds is 12. The van der Waals surface area contributed by atoms with Crippen molar-refractivity contribution in [2.75, 3.05) is 13.2 Å². The number of hydrogen-bond donors (Lipinski definition) is 2. The fraction of sp³-hybridized carbons (Fsp3) is 0.250. The van der Waals surface area contributed by atoms with Crippen molar-refractivity contribution >= 4 is 34.1 Å². The Hall–Kier alpha value is -3.85. The summed E-state index contributed by atoms with van der Waals surface area (Å²) in [5.41, 5.74) is 5.13. The summed E-state index contributed by atoms with van der Waals surface area (Å²) in [5, 5.41) is 6.67. The number of alkyl carbamates (subject to hydrolysis) is 1. The Kier molecular flexibility index (Phi) is 11.0. The van der Waals surface area contributed by atoms with Gasteiger partial charge in [-0.25, -0.2) is 10.2 Å². The van der Waals surface area contributed by atoms with Gasteiger partial charge in [0.1, 0.15) is 12.6 Å². The summed E-state index contributed by atoms with van der Waals surface area (Å²) in [6.45, 7) is 4.65. The number of benzene rings is 3. The second-order valence-corrected chi connectivity index (χ2v) is 8.81. The van der Waals surface area contributed by atoms with Crippen molar-refractivity contribution in [2.45, 2.75) is 32.9 Å². The van der Waals surface area contributed by atoms with Gasteiger partial charge in [0, 0.05) is 10.9 Å². The Morgan fingerprint density at radius 3 is 2.38 bits per heavy atom. The average Bonchev–Trinajstić information content (AvgIpc) is 2.89. The summed E-state index contributed by atoms with van der Waals surface area (Å²) in [5.74, 6) is 0.709. The molecule has 0 radical (unpaired) electrons. The molecule has 3 rings (SSSR count). The van der Waals surface area contributed by atoms with Crippen LogP contribution in [0.15, 0.2) is 82.4 Å². The number of nitrogens with one attached hydrogen (secondary N) is 2. The highest BCUT2D eigenvalue weighted by atomic mass is 79.9. The number of hydrazone groups is 1. The quantitative estimate of drug-likeness (QED) is 0.230. The van der Waals surface area contributed by atoms with Crippen LogP contribution >= 0.6 is 15.9 Å². The first kappa shape index (κ1) is 27.7. The summed E-state index contributed by atoms with van der Waals surface area (Å²) < 4.78 is 17.6. The Bertz CT molecular complexity index is 1190. The summed E-state index contributed by atoms with van der Waals surface area (Å²) in [6.07, 6.45) is 1.13. The molecule has 3 aromatic rings. The molecule has 2 amide bonds. The molecule has 0 aliphatic heterocycles. The molecule has 8 nitrogen and oxygen atoms in total. The monoisotopic (exact) mass is 567 g/mol. The van der Waals surface area contributed by atoms with E-state index in [1.165, 1.54) is 6.21 Å². The Morgan fingerprint density at radius 2 is 1.68 bits per heavy atom. The minimum absolute atomic E-state index is 0.203. The molecular formula is C28H30BrN3O5. The highest BCUT2D eigenvalue weighted by Gasteiger charge is 2.21. The standard InChI is InChI=1S/C28H30BrN3O5/c1-3-35-26-17-22(12-15-25(26)37-19-21-10-13-23(29)14-11-21)18-30-32-27(33)24(31-28(34)36-4-2)16-20-8-6-5-7-9-20/h5-15,17-18,24H,3-4,16,19H2,1-2H3,(H,31,34)(H,32,33)/b30-18-/t24-/m1/s1. The first-order valence-corrected chi connectivity index (χ1v) is 12.7. The van der Waals surface area contributed by atoms with Gasteiger partial charge in [-0.2, -0.15) is 5.10 Å². The lowest BCUT2D eigenvalue weighted by Crippen LogP contribution is -2.47. The molecule has 37 heavy (non-hydrogen) atoms. The fourth-order valence-corrected chi connectivity index (χ4v) is 3.62. The van der Waals surface area contributed by atoms with Crippen LogP contribution in [-0.4, -0.2) is 37.5 Å². The van der Waals surface area contributed by atoms with E-state index < -0.39 is 18.0 Å². The van der Waals surface area contributed by atoms with E-state index in [1.54, 1.807) is 19.1 Å². The predicted octanol–water partition coefficient (Wildman–Crippen LogP) is 5.23. The summed E-state index contributed by atoms with van der Waals surface area (Å²) >= 11 is 3.43. The number of carbonyl (C=O) groups excluding carboxylic acids is 2. The third-order valence-corrected chi connectivity index (χ3v) is 5.66. The van der Waals surface area contributed by atoms with E-state index in [0.717, 1.165) is 15.6 Å². The normalized spacial score (nSPS) is 11.5. The molecule has 0 fully saturated rings. The van der Waals surface area contributed by atoms with Gasteiger partial charge < -0.3 is 19.5 Å². The van der Waals surface area contributed by atoms with Crippen LogP contribution in [0.4, 0.5) is 4.79 Å². The van der Waals surface area contributed by atoms with Crippen molar-refractivity contribution in [3.8, 4) is 11.5 Å². The molecule has 9 heteroatoms. The van der Waals surface area contributed by atoms with E-state index in [4.69, 9.17) is 14.2 Å². The molecule has 0 aliphatic rings. The van der Waals surface area contributed by atoms with E-state index in [-0.39, 0.29) is 6.61 Å². The Labute approximate surface area is 225 Å². The van der Waals surface area contributed by atoms with Crippen LogP contribution in [0.2, 0.25) is 0 Å². The van der Waals surface area contributed by atoms with Gasteiger partial charge in [0.15, 0.2) is 11.5 Å². The van der Waals surface area contributed by atoms with Crippen molar-refractivity contribution in [3.63, 3.8) is 0 Å². The molecule has 194 valence electrons. The van der Waals surface area contributed by atoms with E-state index in [2.05, 4.69) is 31.8 Å². The van der Waals surface area contributed by atoms with Crippen LogP contribution in [0.1, 0.15) is 30.5 Å². The molecule has 0 bridgehead atoms. The zero-order valence-corrected chi connectivity index (χ0v) is 22.4. The maximum absolute atomic E-state index is 12.8. The molecule has 0 saturated heterocycles. The highest BCUT2D eigenvalue weighted by Crippen LogP contribution is 2.29. The lowest BCUT2D eigenvalue weighted by atomic mass is 10.1. The number of ether oxygens (including phenoxy) is 3. The van der Waals surface area contributed by atoms with Crippen molar-refractivity contribution in [2.24, 2.45) is 5.10 Å². The number of nitrogens with zero attached hydrogens (tertiary/aromatic N) is 1. The van der Waals surface area contributed by atoms with Gasteiger partial charge in [0.05, 0.1) is 19.4 Å². The van der Waals surface area contributed by atoms with Crippen LogP contribution in [0.25, 0.3) is 0 Å². The lowest BCUT2D eigenvalue weighted by molar-refractivity contribution is -0.123. The molecule has 0 heterocycles. The van der Waals surface area contributed by atoms with Crippen molar-refractivity contribution in [1.82, 2.24) is 10.7 Å². The molecule has 0 unspecified atom stereocenters. The predicted molar refractivity (Wildman–Crippen MR) is 146 cm³/mol. The first-order chi connectivity index (χ1) is 18.0. The third-order valence-electron chi connectivity index (χ3n) is 5.13. The largest absolute Gasteiger partial charge is 0.490 e. The second-order valence-electron chi connectivity index (χ2n) is 7.90. The van der Waals surface area contributed by atoms with Crippen LogP contribution in [0.5, 0.6) is 11.5 Å². The zero-order valence-electron chi connectivity index (χ0n) is 20.8. The summed E-state index contributed by atoms with van der Waals surface area (Å²) in [4.78, 5) is 24.8. The molecule has 0 aliphatic carbocycles.